The summed E-state index contributed by atoms with van der Waals surface area (Å²) >= 11 is 6.16. The Morgan fingerprint density at radius 3 is 2.68 bits per heavy atom. The lowest BCUT2D eigenvalue weighted by atomic mass is 10.1. The van der Waals surface area contributed by atoms with E-state index in [1.165, 1.54) is 24.1 Å². The summed E-state index contributed by atoms with van der Waals surface area (Å²) in [6.07, 6.45) is 2.66. The Morgan fingerprint density at radius 2 is 2.11 bits per heavy atom. The highest BCUT2D eigenvalue weighted by molar-refractivity contribution is 6.30. The van der Waals surface area contributed by atoms with Gasteiger partial charge in [0.1, 0.15) is 0 Å². The molecule has 106 valence electrons. The van der Waals surface area contributed by atoms with E-state index in [-0.39, 0.29) is 0 Å². The third-order valence-corrected chi connectivity index (χ3v) is 3.78. The first-order valence-electron chi connectivity index (χ1n) is 7.37. The highest BCUT2D eigenvalue weighted by atomic mass is 35.5. The van der Waals surface area contributed by atoms with Gasteiger partial charge < -0.3 is 10.2 Å². The Bertz CT molecular complexity index is 413. The fourth-order valence-electron chi connectivity index (χ4n) is 2.48. The van der Waals surface area contributed by atoms with Gasteiger partial charge in [0, 0.05) is 29.8 Å². The lowest BCUT2D eigenvalue weighted by molar-refractivity contribution is 0.552. The molecule has 0 spiro atoms. The van der Waals surface area contributed by atoms with Crippen LogP contribution in [0, 0.1) is 5.92 Å². The van der Waals surface area contributed by atoms with Crippen LogP contribution in [0.5, 0.6) is 0 Å². The minimum Gasteiger partial charge on any atom is -0.369 e. The molecule has 0 saturated heterocycles. The minimum atomic E-state index is 0.674. The van der Waals surface area contributed by atoms with Crippen LogP contribution < -0.4 is 10.2 Å². The Labute approximate surface area is 122 Å². The lowest BCUT2D eigenvalue weighted by Gasteiger charge is -2.26. The Morgan fingerprint density at radius 1 is 1.37 bits per heavy atom. The van der Waals surface area contributed by atoms with Crippen LogP contribution in [0.15, 0.2) is 18.2 Å². The largest absolute Gasteiger partial charge is 0.369 e. The second-order valence-electron chi connectivity index (χ2n) is 5.81. The lowest BCUT2D eigenvalue weighted by Crippen LogP contribution is -2.27. The highest BCUT2D eigenvalue weighted by Crippen LogP contribution is 2.34. The molecule has 1 N–H and O–H groups in total. The average molecular weight is 281 g/mol. The van der Waals surface area contributed by atoms with Crippen LogP contribution in [-0.2, 0) is 6.54 Å². The van der Waals surface area contributed by atoms with Gasteiger partial charge in [-0.3, -0.25) is 0 Å². The molecule has 1 fully saturated rings. The number of nitrogens with zero attached hydrogens (tertiary/aromatic N) is 1. The fraction of sp³-hybridized carbons (Fsp3) is 0.625. The Kier molecular flexibility index (Phi) is 5.12. The van der Waals surface area contributed by atoms with Gasteiger partial charge in [-0.15, -0.1) is 0 Å². The van der Waals surface area contributed by atoms with Crippen molar-refractivity contribution in [2.45, 2.75) is 46.2 Å². The molecular formula is C16H25ClN2. The maximum Gasteiger partial charge on any atom is 0.0415 e. The van der Waals surface area contributed by atoms with Crippen LogP contribution in [0.2, 0.25) is 5.02 Å². The molecule has 0 atom stereocenters. The molecule has 1 aliphatic rings. The third-order valence-electron chi connectivity index (χ3n) is 3.55. The number of anilines is 1. The van der Waals surface area contributed by atoms with Gasteiger partial charge in [-0.2, -0.15) is 0 Å². The first-order chi connectivity index (χ1) is 9.11. The van der Waals surface area contributed by atoms with Crippen molar-refractivity contribution < 1.29 is 0 Å². The van der Waals surface area contributed by atoms with Gasteiger partial charge in [0.2, 0.25) is 0 Å². The number of nitrogens with one attached hydrogen (secondary N) is 1. The molecule has 0 aliphatic heterocycles. The van der Waals surface area contributed by atoms with E-state index in [0.29, 0.717) is 5.92 Å². The normalized spacial score (nSPS) is 15.0. The quantitative estimate of drug-likeness (QED) is 0.810. The van der Waals surface area contributed by atoms with Gasteiger partial charge in [0.05, 0.1) is 0 Å². The zero-order valence-corrected chi connectivity index (χ0v) is 13.0. The van der Waals surface area contributed by atoms with Crippen LogP contribution in [0.3, 0.4) is 0 Å². The fourth-order valence-corrected chi connectivity index (χ4v) is 2.68. The smallest absolute Gasteiger partial charge is 0.0415 e. The van der Waals surface area contributed by atoms with E-state index in [0.717, 1.165) is 30.7 Å². The van der Waals surface area contributed by atoms with E-state index in [1.54, 1.807) is 0 Å². The number of halogens is 1. The first-order valence-corrected chi connectivity index (χ1v) is 7.75. The van der Waals surface area contributed by atoms with Crippen LogP contribution in [0.4, 0.5) is 5.69 Å². The third kappa shape index (κ3) is 4.12. The van der Waals surface area contributed by atoms with E-state index >= 15 is 0 Å². The monoisotopic (exact) mass is 280 g/mol. The van der Waals surface area contributed by atoms with Gasteiger partial charge >= 0.3 is 0 Å². The molecule has 0 aromatic heterocycles. The SMILES string of the molecule is CCN(c1ccc(Cl)cc1CNCC(C)C)C1CC1. The van der Waals surface area contributed by atoms with Gasteiger partial charge in [-0.05, 0) is 56.0 Å². The number of hydrogen-bond donors (Lipinski definition) is 1. The summed E-state index contributed by atoms with van der Waals surface area (Å²) in [4.78, 5) is 2.52. The summed E-state index contributed by atoms with van der Waals surface area (Å²) in [7, 11) is 0. The van der Waals surface area contributed by atoms with Crippen molar-refractivity contribution in [3.63, 3.8) is 0 Å². The molecule has 0 bridgehead atoms. The van der Waals surface area contributed by atoms with Crippen molar-refractivity contribution in [2.75, 3.05) is 18.0 Å². The topological polar surface area (TPSA) is 15.3 Å². The van der Waals surface area contributed by atoms with Crippen molar-refractivity contribution in [2.24, 2.45) is 5.92 Å². The zero-order chi connectivity index (χ0) is 13.8. The van der Waals surface area contributed by atoms with Gasteiger partial charge in [-0.25, -0.2) is 0 Å². The summed E-state index contributed by atoms with van der Waals surface area (Å²) in [5, 5.41) is 4.35. The molecule has 19 heavy (non-hydrogen) atoms. The maximum atomic E-state index is 6.16. The molecule has 3 heteroatoms. The van der Waals surface area contributed by atoms with Crippen LogP contribution in [0.1, 0.15) is 39.2 Å². The summed E-state index contributed by atoms with van der Waals surface area (Å²) in [5.74, 6) is 0.674. The van der Waals surface area contributed by atoms with Crippen molar-refractivity contribution >= 4 is 17.3 Å². The molecule has 2 rings (SSSR count). The summed E-state index contributed by atoms with van der Waals surface area (Å²) < 4.78 is 0. The molecule has 1 aromatic rings. The number of rotatable bonds is 7. The average Bonchev–Trinajstić information content (AvgIpc) is 3.16. The van der Waals surface area contributed by atoms with E-state index in [9.17, 15) is 0 Å². The Hall–Kier alpha value is -0.730. The van der Waals surface area contributed by atoms with Crippen molar-refractivity contribution in [1.29, 1.82) is 0 Å². The van der Waals surface area contributed by atoms with Crippen molar-refractivity contribution in [3.8, 4) is 0 Å². The summed E-state index contributed by atoms with van der Waals surface area (Å²) in [6, 6.07) is 7.04. The molecule has 1 saturated carbocycles. The summed E-state index contributed by atoms with van der Waals surface area (Å²) in [6.45, 7) is 9.71. The van der Waals surface area contributed by atoms with Gasteiger partial charge in [0.25, 0.3) is 0 Å². The van der Waals surface area contributed by atoms with E-state index < -0.39 is 0 Å². The van der Waals surface area contributed by atoms with Gasteiger partial charge in [0.15, 0.2) is 0 Å². The molecule has 2 nitrogen and oxygen atoms in total. The molecule has 1 aromatic carbocycles. The van der Waals surface area contributed by atoms with E-state index in [2.05, 4.69) is 43.1 Å². The number of hydrogen-bond acceptors (Lipinski definition) is 2. The predicted molar refractivity (Wildman–Crippen MR) is 84.0 cm³/mol. The van der Waals surface area contributed by atoms with E-state index in [4.69, 9.17) is 11.6 Å². The maximum absolute atomic E-state index is 6.16. The zero-order valence-electron chi connectivity index (χ0n) is 12.2. The predicted octanol–water partition coefficient (Wildman–Crippen LogP) is 4.07. The second kappa shape index (κ2) is 6.62. The molecular weight excluding hydrogens is 256 g/mol. The van der Waals surface area contributed by atoms with Crippen LogP contribution >= 0.6 is 11.6 Å². The molecule has 0 unspecified atom stereocenters. The van der Waals surface area contributed by atoms with Crippen molar-refractivity contribution in [1.82, 2.24) is 5.32 Å². The van der Waals surface area contributed by atoms with Crippen LogP contribution in [0.25, 0.3) is 0 Å². The van der Waals surface area contributed by atoms with Gasteiger partial charge in [-0.1, -0.05) is 25.4 Å². The first kappa shape index (κ1) is 14.7. The second-order valence-corrected chi connectivity index (χ2v) is 6.25. The molecule has 0 amide bonds. The molecule has 1 aliphatic carbocycles. The summed E-state index contributed by atoms with van der Waals surface area (Å²) in [5.41, 5.74) is 2.67. The van der Waals surface area contributed by atoms with E-state index in [1.807, 2.05) is 6.07 Å². The minimum absolute atomic E-state index is 0.674. The Balaban J connectivity index is 2.12. The highest BCUT2D eigenvalue weighted by Gasteiger charge is 2.29. The molecule has 0 radical (unpaired) electrons. The van der Waals surface area contributed by atoms with Crippen molar-refractivity contribution in [3.05, 3.63) is 28.8 Å². The molecule has 0 heterocycles. The number of benzene rings is 1. The van der Waals surface area contributed by atoms with Crippen LogP contribution in [-0.4, -0.2) is 19.1 Å². The standard InChI is InChI=1S/C16H25ClN2/c1-4-19(15-6-7-15)16-8-5-14(17)9-13(16)11-18-10-12(2)3/h5,8-9,12,15,18H,4,6-7,10-11H2,1-3H3.